The molecule has 25 heavy (non-hydrogen) atoms. The number of hydrogen-bond donors (Lipinski definition) is 2. The van der Waals surface area contributed by atoms with Crippen LogP contribution in [0.4, 0.5) is 4.39 Å². The van der Waals surface area contributed by atoms with Gasteiger partial charge in [0.25, 0.3) is 5.91 Å². The lowest BCUT2D eigenvalue weighted by Gasteiger charge is -2.07. The molecule has 0 radical (unpaired) electrons. The van der Waals surface area contributed by atoms with Crippen LogP contribution in [0.5, 0.6) is 0 Å². The van der Waals surface area contributed by atoms with Crippen LogP contribution >= 0.6 is 0 Å². The first-order valence-electron chi connectivity index (χ1n) is 8.15. The Balaban J connectivity index is 0.000000701. The Hall–Kier alpha value is -2.60. The molecule has 1 saturated carbocycles. The van der Waals surface area contributed by atoms with Crippen molar-refractivity contribution in [3.8, 4) is 0 Å². The number of nitrogens with one attached hydrogen (secondary N) is 2. The largest absolute Gasteiger partial charge is 0.349 e. The zero-order valence-electron chi connectivity index (χ0n) is 14.4. The number of benzene rings is 1. The number of aldehydes is 1. The number of hydrogen-bond acceptors (Lipinski definition) is 4. The van der Waals surface area contributed by atoms with Crippen LogP contribution in [0.2, 0.25) is 0 Å². The zero-order chi connectivity index (χ0) is 18.2. The molecule has 0 spiro atoms. The third-order valence-electron chi connectivity index (χ3n) is 3.47. The molecule has 3 rings (SSSR count). The third-order valence-corrected chi connectivity index (χ3v) is 3.47. The first-order chi connectivity index (χ1) is 12.0. The number of nitrogens with zero attached hydrogens (tertiary/aromatic N) is 1. The maximum atomic E-state index is 13.2. The van der Waals surface area contributed by atoms with Gasteiger partial charge in [0.15, 0.2) is 6.29 Å². The molecule has 1 amide bonds. The molecule has 132 valence electrons. The molecule has 2 aromatic rings. The second-order valence-corrected chi connectivity index (χ2v) is 5.94. The van der Waals surface area contributed by atoms with Crippen LogP contribution in [0.15, 0.2) is 36.4 Å². The predicted molar refractivity (Wildman–Crippen MR) is 94.3 cm³/mol. The van der Waals surface area contributed by atoms with Crippen molar-refractivity contribution in [2.75, 3.05) is 14.1 Å². The first-order valence-corrected chi connectivity index (χ1v) is 8.15. The molecule has 0 bridgehead atoms. The molecule has 5 nitrogen and oxygen atoms in total. The SMILES string of the molecule is CNC.O=Cc1cc(C(=O)NC2CC2)cc(Cc2cccc(F)c2)n1. The Morgan fingerprint density at radius 1 is 1.28 bits per heavy atom. The Morgan fingerprint density at radius 2 is 2.00 bits per heavy atom. The summed E-state index contributed by atoms with van der Waals surface area (Å²) in [5.41, 5.74) is 1.92. The van der Waals surface area contributed by atoms with E-state index in [2.05, 4.69) is 15.6 Å². The van der Waals surface area contributed by atoms with Gasteiger partial charge in [0.05, 0.1) is 0 Å². The summed E-state index contributed by atoms with van der Waals surface area (Å²) in [7, 11) is 3.75. The lowest BCUT2D eigenvalue weighted by atomic mass is 10.1. The van der Waals surface area contributed by atoms with E-state index >= 15 is 0 Å². The topological polar surface area (TPSA) is 71.1 Å². The number of amides is 1. The number of aromatic nitrogens is 1. The van der Waals surface area contributed by atoms with Crippen LogP contribution < -0.4 is 10.6 Å². The quantitative estimate of drug-likeness (QED) is 0.818. The van der Waals surface area contributed by atoms with Gasteiger partial charge in [0.2, 0.25) is 0 Å². The molecule has 0 aliphatic heterocycles. The van der Waals surface area contributed by atoms with E-state index in [1.54, 1.807) is 18.2 Å². The fourth-order valence-electron chi connectivity index (χ4n) is 2.25. The van der Waals surface area contributed by atoms with Crippen molar-refractivity contribution in [1.29, 1.82) is 0 Å². The fraction of sp³-hybridized carbons (Fsp3) is 0.316. The number of carbonyl (C=O) groups is 2. The molecule has 1 aliphatic rings. The number of halogens is 1. The fourth-order valence-corrected chi connectivity index (χ4v) is 2.25. The van der Waals surface area contributed by atoms with E-state index in [0.717, 1.165) is 18.4 Å². The van der Waals surface area contributed by atoms with E-state index in [0.29, 0.717) is 24.0 Å². The van der Waals surface area contributed by atoms with Crippen LogP contribution in [-0.2, 0) is 6.42 Å². The van der Waals surface area contributed by atoms with Crippen molar-refractivity contribution in [3.63, 3.8) is 0 Å². The molecule has 6 heteroatoms. The van der Waals surface area contributed by atoms with Gasteiger partial charge in [-0.1, -0.05) is 12.1 Å². The molecule has 2 N–H and O–H groups in total. The van der Waals surface area contributed by atoms with E-state index in [9.17, 15) is 14.0 Å². The highest BCUT2D eigenvalue weighted by Crippen LogP contribution is 2.20. The van der Waals surface area contributed by atoms with Crippen molar-refractivity contribution < 1.29 is 14.0 Å². The summed E-state index contributed by atoms with van der Waals surface area (Å²) in [5, 5.41) is 5.63. The Bertz CT molecular complexity index is 745. The Kier molecular flexibility index (Phi) is 6.77. The minimum Gasteiger partial charge on any atom is -0.349 e. The van der Waals surface area contributed by atoms with Gasteiger partial charge in [-0.2, -0.15) is 0 Å². The van der Waals surface area contributed by atoms with Crippen LogP contribution in [0, 0.1) is 5.82 Å². The zero-order valence-corrected chi connectivity index (χ0v) is 14.4. The highest BCUT2D eigenvalue weighted by Gasteiger charge is 2.24. The Labute approximate surface area is 146 Å². The smallest absolute Gasteiger partial charge is 0.251 e. The van der Waals surface area contributed by atoms with Gasteiger partial charge in [-0.15, -0.1) is 0 Å². The van der Waals surface area contributed by atoms with Crippen molar-refractivity contribution in [2.45, 2.75) is 25.3 Å². The molecule has 0 saturated heterocycles. The number of rotatable bonds is 5. The molecule has 1 aromatic carbocycles. The van der Waals surface area contributed by atoms with Crippen LogP contribution in [0.3, 0.4) is 0 Å². The summed E-state index contributed by atoms with van der Waals surface area (Å²) in [4.78, 5) is 27.3. The van der Waals surface area contributed by atoms with Gasteiger partial charge < -0.3 is 10.6 Å². The molecule has 1 aliphatic carbocycles. The Morgan fingerprint density at radius 3 is 2.60 bits per heavy atom. The summed E-state index contributed by atoms with van der Waals surface area (Å²) >= 11 is 0. The highest BCUT2D eigenvalue weighted by atomic mass is 19.1. The molecule has 0 atom stereocenters. The normalized spacial score (nSPS) is 12.8. The van der Waals surface area contributed by atoms with E-state index < -0.39 is 0 Å². The summed E-state index contributed by atoms with van der Waals surface area (Å²) in [5.74, 6) is -0.524. The van der Waals surface area contributed by atoms with Gasteiger partial charge in [-0.05, 0) is 56.8 Å². The molecule has 1 heterocycles. The second-order valence-electron chi connectivity index (χ2n) is 5.94. The predicted octanol–water partition coefficient (Wildman–Crippen LogP) is 2.35. The maximum absolute atomic E-state index is 13.2. The van der Waals surface area contributed by atoms with E-state index in [1.165, 1.54) is 18.2 Å². The van der Waals surface area contributed by atoms with Gasteiger partial charge in [0.1, 0.15) is 11.5 Å². The van der Waals surface area contributed by atoms with Crippen molar-refractivity contribution >= 4 is 12.2 Å². The standard InChI is InChI=1S/C17H15FN2O2.C2H7N/c18-13-3-1-2-11(6-13)7-15-8-12(9-16(10-21)19-15)17(22)20-14-4-5-14;1-3-2/h1-3,6,8-10,14H,4-5,7H2,(H,20,22);3H,1-2H3. The van der Waals surface area contributed by atoms with Crippen LogP contribution in [0.25, 0.3) is 0 Å². The summed E-state index contributed by atoms with van der Waals surface area (Å²) in [6, 6.07) is 9.55. The van der Waals surface area contributed by atoms with Crippen LogP contribution in [-0.4, -0.2) is 37.3 Å². The molecule has 0 unspecified atom stereocenters. The minimum absolute atomic E-state index is 0.200. The third kappa shape index (κ3) is 6.08. The number of pyridine rings is 1. The maximum Gasteiger partial charge on any atom is 0.251 e. The molecule has 1 fully saturated rings. The number of carbonyl (C=O) groups excluding carboxylic acids is 2. The van der Waals surface area contributed by atoms with Crippen LogP contribution in [0.1, 0.15) is 44.9 Å². The summed E-state index contributed by atoms with van der Waals surface area (Å²) in [6.45, 7) is 0. The summed E-state index contributed by atoms with van der Waals surface area (Å²) < 4.78 is 13.2. The first kappa shape index (κ1) is 18.7. The van der Waals surface area contributed by atoms with Gasteiger partial charge in [-0.25, -0.2) is 9.37 Å². The van der Waals surface area contributed by atoms with E-state index in [4.69, 9.17) is 0 Å². The molecule has 1 aromatic heterocycles. The lowest BCUT2D eigenvalue weighted by Crippen LogP contribution is -2.25. The van der Waals surface area contributed by atoms with Gasteiger partial charge in [-0.3, -0.25) is 9.59 Å². The van der Waals surface area contributed by atoms with Gasteiger partial charge in [0, 0.05) is 23.7 Å². The van der Waals surface area contributed by atoms with Crippen molar-refractivity contribution in [2.24, 2.45) is 0 Å². The van der Waals surface area contributed by atoms with E-state index in [-0.39, 0.29) is 23.5 Å². The average molecular weight is 343 g/mol. The molecular weight excluding hydrogens is 321 g/mol. The molecular formula is C19H22FN3O2. The lowest BCUT2D eigenvalue weighted by molar-refractivity contribution is 0.0951. The van der Waals surface area contributed by atoms with Crippen molar-refractivity contribution in [1.82, 2.24) is 15.6 Å². The van der Waals surface area contributed by atoms with Gasteiger partial charge >= 0.3 is 0 Å². The van der Waals surface area contributed by atoms with Crippen molar-refractivity contribution in [3.05, 3.63) is 64.7 Å². The minimum atomic E-state index is -0.323. The highest BCUT2D eigenvalue weighted by molar-refractivity contribution is 5.95. The summed E-state index contributed by atoms with van der Waals surface area (Å²) in [6.07, 6.45) is 2.97. The second kappa shape index (κ2) is 9.03. The van der Waals surface area contributed by atoms with E-state index in [1.807, 2.05) is 14.1 Å². The average Bonchev–Trinajstić information content (AvgIpc) is 3.39. The monoisotopic (exact) mass is 343 g/mol.